The third-order valence-corrected chi connectivity index (χ3v) is 4.55. The summed E-state index contributed by atoms with van der Waals surface area (Å²) in [7, 11) is -3.35. The van der Waals surface area contributed by atoms with Crippen molar-refractivity contribution >= 4 is 27.2 Å². The number of aliphatic hydroxyl groups is 1. The van der Waals surface area contributed by atoms with Crippen LogP contribution in [-0.4, -0.2) is 42.0 Å². The number of rotatable bonds is 7. The van der Waals surface area contributed by atoms with Crippen LogP contribution >= 0.6 is 0 Å². The molecule has 0 aliphatic carbocycles. The molecule has 3 rings (SSSR count). The van der Waals surface area contributed by atoms with E-state index in [-0.39, 0.29) is 12.6 Å². The second-order valence-corrected chi connectivity index (χ2v) is 7.83. The molecule has 1 aromatic carbocycles. The van der Waals surface area contributed by atoms with Crippen LogP contribution in [0.15, 0.2) is 42.6 Å². The van der Waals surface area contributed by atoms with E-state index in [4.69, 9.17) is 0 Å². The summed E-state index contributed by atoms with van der Waals surface area (Å²) in [6.45, 7) is 2.02. The minimum atomic E-state index is -3.35. The lowest BCUT2D eigenvalue weighted by Gasteiger charge is -2.13. The molecule has 0 fully saturated rings. The minimum Gasteiger partial charge on any atom is -0.394 e. The third-order valence-electron chi connectivity index (χ3n) is 3.95. The summed E-state index contributed by atoms with van der Waals surface area (Å²) in [5.41, 5.74) is 2.89. The summed E-state index contributed by atoms with van der Waals surface area (Å²) < 4.78 is 27.1. The van der Waals surface area contributed by atoms with Crippen molar-refractivity contribution in [3.05, 3.63) is 42.6 Å². The molecule has 2 heterocycles. The molecule has 0 bridgehead atoms. The van der Waals surface area contributed by atoms with Crippen molar-refractivity contribution in [2.24, 2.45) is 0 Å². The van der Waals surface area contributed by atoms with Gasteiger partial charge in [-0.15, -0.1) is 0 Å². The third kappa shape index (κ3) is 4.12. The molecule has 26 heavy (non-hydrogen) atoms. The number of nitrogens with one attached hydrogen (secondary N) is 3. The predicted octanol–water partition coefficient (Wildman–Crippen LogP) is 1.37. The molecule has 0 radical (unpaired) electrons. The van der Waals surface area contributed by atoms with E-state index in [1.54, 1.807) is 22.7 Å². The van der Waals surface area contributed by atoms with Crippen molar-refractivity contribution in [1.29, 1.82) is 0 Å². The summed E-state index contributed by atoms with van der Waals surface area (Å²) in [5.74, 6) is 0.648. The van der Waals surface area contributed by atoms with E-state index >= 15 is 0 Å². The topological polar surface area (TPSA) is 110 Å². The highest BCUT2D eigenvalue weighted by Crippen LogP contribution is 2.23. The van der Waals surface area contributed by atoms with E-state index in [0.29, 0.717) is 11.5 Å². The Bertz CT molecular complexity index is 1010. The maximum absolute atomic E-state index is 11.5. The van der Waals surface area contributed by atoms with Gasteiger partial charge in [-0.3, -0.25) is 4.72 Å². The molecular formula is C17H22N5O3S+. The van der Waals surface area contributed by atoms with Gasteiger partial charge < -0.3 is 10.4 Å². The van der Waals surface area contributed by atoms with E-state index in [9.17, 15) is 13.5 Å². The number of H-pyrrole nitrogens is 1. The Morgan fingerprint density at radius 3 is 2.81 bits per heavy atom. The number of benzene rings is 1. The Morgan fingerprint density at radius 1 is 1.31 bits per heavy atom. The predicted molar refractivity (Wildman–Crippen MR) is 100 cm³/mol. The minimum absolute atomic E-state index is 0.0279. The Morgan fingerprint density at radius 2 is 2.12 bits per heavy atom. The van der Waals surface area contributed by atoms with Crippen LogP contribution in [0.2, 0.25) is 0 Å². The summed E-state index contributed by atoms with van der Waals surface area (Å²) in [5, 5.41) is 17.1. The first-order chi connectivity index (χ1) is 12.4. The molecule has 1 atom stereocenters. The van der Waals surface area contributed by atoms with Gasteiger partial charge in [0.15, 0.2) is 5.82 Å². The monoisotopic (exact) mass is 376 g/mol. The molecule has 0 spiro atoms. The van der Waals surface area contributed by atoms with Gasteiger partial charge >= 0.3 is 5.65 Å². The van der Waals surface area contributed by atoms with Crippen LogP contribution in [0.1, 0.15) is 13.3 Å². The van der Waals surface area contributed by atoms with Crippen molar-refractivity contribution < 1.29 is 18.5 Å². The average Bonchev–Trinajstić information content (AvgIpc) is 3.01. The molecule has 3 aromatic rings. The van der Waals surface area contributed by atoms with Gasteiger partial charge in [0.25, 0.3) is 0 Å². The van der Waals surface area contributed by atoms with E-state index < -0.39 is 10.0 Å². The van der Waals surface area contributed by atoms with Gasteiger partial charge in [-0.2, -0.15) is 0 Å². The SMILES string of the molecule is CCC(CO)Nc1ccc2[nH+]cc(-c3cccc(NS(C)(=O)=O)c3)n2n1. The van der Waals surface area contributed by atoms with E-state index in [0.717, 1.165) is 29.6 Å². The zero-order valence-electron chi connectivity index (χ0n) is 14.6. The second-order valence-electron chi connectivity index (χ2n) is 6.08. The van der Waals surface area contributed by atoms with Crippen LogP contribution in [0.25, 0.3) is 16.9 Å². The van der Waals surface area contributed by atoms with Crippen LogP contribution in [0, 0.1) is 0 Å². The summed E-state index contributed by atoms with van der Waals surface area (Å²) >= 11 is 0. The zero-order valence-corrected chi connectivity index (χ0v) is 15.4. The van der Waals surface area contributed by atoms with Crippen molar-refractivity contribution in [2.45, 2.75) is 19.4 Å². The summed E-state index contributed by atoms with van der Waals surface area (Å²) in [6.07, 6.45) is 3.71. The highest BCUT2D eigenvalue weighted by molar-refractivity contribution is 7.92. The molecule has 8 nitrogen and oxygen atoms in total. The molecule has 4 N–H and O–H groups in total. The first kappa shape index (κ1) is 18.2. The number of fused-ring (bicyclic) bond motifs is 1. The number of sulfonamides is 1. The summed E-state index contributed by atoms with van der Waals surface area (Å²) in [4.78, 5) is 3.15. The summed E-state index contributed by atoms with van der Waals surface area (Å²) in [6, 6.07) is 10.8. The maximum Gasteiger partial charge on any atom is 0.305 e. The van der Waals surface area contributed by atoms with Crippen molar-refractivity contribution in [3.8, 4) is 11.3 Å². The number of nitrogens with zero attached hydrogens (tertiary/aromatic N) is 2. The number of anilines is 2. The standard InChI is InChI=1S/C17H21N5O3S/c1-3-13(11-23)19-16-7-8-17-18-10-15(22(17)20-16)12-5-4-6-14(9-12)21-26(2,24)25/h4-10,13,21,23H,3,11H2,1-2H3,(H,19,20)/p+1. The lowest BCUT2D eigenvalue weighted by molar-refractivity contribution is -0.343. The molecule has 2 aromatic heterocycles. The van der Waals surface area contributed by atoms with E-state index in [2.05, 4.69) is 20.1 Å². The number of aromatic amines is 1. The Labute approximate surface area is 151 Å². The molecule has 0 saturated carbocycles. The van der Waals surface area contributed by atoms with Crippen LogP contribution in [0.5, 0.6) is 0 Å². The highest BCUT2D eigenvalue weighted by atomic mass is 32.2. The quantitative estimate of drug-likeness (QED) is 0.577. The Balaban J connectivity index is 1.99. The molecule has 0 aliphatic rings. The fraction of sp³-hybridized carbons (Fsp3) is 0.294. The van der Waals surface area contributed by atoms with Gasteiger partial charge in [0, 0.05) is 17.3 Å². The Kier molecular flexibility index (Phi) is 5.10. The van der Waals surface area contributed by atoms with Crippen LogP contribution in [0.3, 0.4) is 0 Å². The van der Waals surface area contributed by atoms with Crippen LogP contribution < -0.4 is 15.0 Å². The lowest BCUT2D eigenvalue weighted by atomic mass is 10.1. The number of hydrogen-bond donors (Lipinski definition) is 3. The Hall–Kier alpha value is -2.65. The van der Waals surface area contributed by atoms with Crippen molar-refractivity contribution in [3.63, 3.8) is 0 Å². The largest absolute Gasteiger partial charge is 0.394 e. The number of hydrogen-bond acceptors (Lipinski definition) is 5. The van der Waals surface area contributed by atoms with E-state index in [1.807, 2.05) is 31.3 Å². The molecule has 0 amide bonds. The first-order valence-electron chi connectivity index (χ1n) is 8.25. The van der Waals surface area contributed by atoms with Gasteiger partial charge in [-0.25, -0.2) is 13.4 Å². The van der Waals surface area contributed by atoms with Gasteiger partial charge in [-0.1, -0.05) is 28.7 Å². The molecule has 0 aliphatic heterocycles. The van der Waals surface area contributed by atoms with Gasteiger partial charge in [-0.05, 0) is 24.6 Å². The normalized spacial score (nSPS) is 12.9. The second kappa shape index (κ2) is 7.30. The van der Waals surface area contributed by atoms with Crippen molar-refractivity contribution in [2.75, 3.05) is 22.9 Å². The van der Waals surface area contributed by atoms with Gasteiger partial charge in [0.2, 0.25) is 15.7 Å². The van der Waals surface area contributed by atoms with Gasteiger partial charge in [0.1, 0.15) is 6.20 Å². The smallest absolute Gasteiger partial charge is 0.305 e. The van der Waals surface area contributed by atoms with E-state index in [1.165, 1.54) is 0 Å². The molecular weight excluding hydrogens is 354 g/mol. The van der Waals surface area contributed by atoms with Crippen LogP contribution in [0.4, 0.5) is 11.5 Å². The van der Waals surface area contributed by atoms with Crippen molar-refractivity contribution in [1.82, 2.24) is 9.61 Å². The average molecular weight is 376 g/mol. The zero-order chi connectivity index (χ0) is 18.7. The number of imidazole rings is 1. The fourth-order valence-corrected chi connectivity index (χ4v) is 3.20. The highest BCUT2D eigenvalue weighted by Gasteiger charge is 2.17. The molecule has 0 saturated heterocycles. The fourth-order valence-electron chi connectivity index (χ4n) is 2.64. The maximum atomic E-state index is 11.5. The number of aliphatic hydroxyl groups excluding tert-OH is 1. The van der Waals surface area contributed by atoms with Crippen LogP contribution in [-0.2, 0) is 10.0 Å². The van der Waals surface area contributed by atoms with Gasteiger partial charge in [0.05, 0.1) is 18.9 Å². The lowest BCUT2D eigenvalue weighted by Crippen LogP contribution is -2.23. The molecule has 9 heteroatoms. The molecule has 138 valence electrons. The first-order valence-corrected chi connectivity index (χ1v) is 10.1. The molecule has 1 unspecified atom stereocenters. The number of aromatic nitrogens is 3.